The molecule has 0 spiro atoms. The zero-order valence-electron chi connectivity index (χ0n) is 4.77. The van der Waals surface area contributed by atoms with Gasteiger partial charge in [-0.05, 0) is 22.9 Å². The molecule has 9 heavy (non-hydrogen) atoms. The van der Waals surface area contributed by atoms with Gasteiger partial charge in [0.1, 0.15) is 0 Å². The van der Waals surface area contributed by atoms with E-state index in [9.17, 15) is 8.78 Å². The van der Waals surface area contributed by atoms with Crippen LogP contribution in [-0.4, -0.2) is 22.8 Å². The largest absolute Gasteiger partial charge is 0.363 e. The highest BCUT2D eigenvalue weighted by Crippen LogP contribution is 2.26. The lowest BCUT2D eigenvalue weighted by molar-refractivity contribution is -0.185. The fourth-order valence-corrected chi connectivity index (χ4v) is 0.385. The van der Waals surface area contributed by atoms with Crippen molar-refractivity contribution in [2.75, 3.05) is 6.61 Å². The van der Waals surface area contributed by atoms with Crippen molar-refractivity contribution in [3.8, 4) is 0 Å². The molecule has 2 nitrogen and oxygen atoms in total. The van der Waals surface area contributed by atoms with E-state index in [1.807, 2.05) is 15.9 Å². The average Bonchev–Trinajstić information content (AvgIpc) is 1.64. The molecule has 0 saturated heterocycles. The first kappa shape index (κ1) is 9.26. The van der Waals surface area contributed by atoms with Crippen LogP contribution in [0.4, 0.5) is 8.78 Å². The Kier molecular flexibility index (Phi) is 3.53. The van der Waals surface area contributed by atoms with Gasteiger partial charge in [-0.15, -0.1) is 0 Å². The molecule has 0 heterocycles. The van der Waals surface area contributed by atoms with Gasteiger partial charge in [0.05, 0.1) is 0 Å². The van der Waals surface area contributed by atoms with Crippen LogP contribution in [0.3, 0.4) is 0 Å². The van der Waals surface area contributed by atoms with Crippen LogP contribution < -0.4 is 0 Å². The van der Waals surface area contributed by atoms with E-state index in [0.717, 1.165) is 0 Å². The van der Waals surface area contributed by atoms with Gasteiger partial charge in [0.15, 0.2) is 0 Å². The van der Waals surface area contributed by atoms with E-state index < -0.39 is 11.1 Å². The molecule has 0 bridgehead atoms. The summed E-state index contributed by atoms with van der Waals surface area (Å²) in [6.45, 7) is 1.57. The molecule has 0 fully saturated rings. The molecule has 0 radical (unpaired) electrons. The predicted octanol–water partition coefficient (Wildman–Crippen LogP) is 1.33. The molecule has 1 unspecified atom stereocenters. The number of halogens is 3. The maximum Gasteiger partial charge on any atom is 0.350 e. The van der Waals surface area contributed by atoms with E-state index in [4.69, 9.17) is 5.11 Å². The summed E-state index contributed by atoms with van der Waals surface area (Å²) in [4.78, 5) is -3.34. The third-order valence-electron chi connectivity index (χ3n) is 0.605. The van der Waals surface area contributed by atoms with Crippen LogP contribution >= 0.6 is 15.9 Å². The number of alkyl halides is 3. The Hall–Kier alpha value is 0.260. The molecule has 0 aliphatic heterocycles. The molecule has 1 N–H and O–H groups in total. The lowest BCUT2D eigenvalue weighted by Crippen LogP contribution is -2.29. The van der Waals surface area contributed by atoms with E-state index in [-0.39, 0.29) is 6.61 Å². The van der Waals surface area contributed by atoms with E-state index >= 15 is 0 Å². The first-order valence-electron chi connectivity index (χ1n) is 2.35. The van der Waals surface area contributed by atoms with Gasteiger partial charge >= 0.3 is 4.83 Å². The van der Waals surface area contributed by atoms with Gasteiger partial charge in [0, 0.05) is 6.61 Å². The summed E-state index contributed by atoms with van der Waals surface area (Å²) >= 11 is 1.94. The second-order valence-corrected chi connectivity index (χ2v) is 2.41. The molecule has 1 atom stereocenters. The molecule has 0 aromatic rings. The van der Waals surface area contributed by atoms with Crippen LogP contribution in [0.15, 0.2) is 0 Å². The third kappa shape index (κ3) is 3.77. The van der Waals surface area contributed by atoms with Gasteiger partial charge < -0.3 is 9.84 Å². The number of aliphatic hydroxyl groups is 1. The van der Waals surface area contributed by atoms with Crippen molar-refractivity contribution < 1.29 is 18.6 Å². The maximum atomic E-state index is 11.8. The number of ether oxygens (including phenoxy) is 1. The van der Waals surface area contributed by atoms with Crippen molar-refractivity contribution in [3.63, 3.8) is 0 Å². The molecule has 0 saturated carbocycles. The minimum atomic E-state index is -3.34. The topological polar surface area (TPSA) is 29.5 Å². The summed E-state index contributed by atoms with van der Waals surface area (Å²) in [7, 11) is 0. The Bertz CT molecular complexity index is 83.1. The zero-order chi connectivity index (χ0) is 7.49. The van der Waals surface area contributed by atoms with Crippen molar-refractivity contribution in [1.29, 1.82) is 0 Å². The highest BCUT2D eigenvalue weighted by Gasteiger charge is 2.35. The lowest BCUT2D eigenvalue weighted by Gasteiger charge is -2.14. The molecular weight excluding hydrogens is 198 g/mol. The summed E-state index contributed by atoms with van der Waals surface area (Å²) in [5.74, 6) is 0. The number of hydrogen-bond donors (Lipinski definition) is 1. The second kappa shape index (κ2) is 3.43. The Morgan fingerprint density at radius 2 is 2.22 bits per heavy atom. The second-order valence-electron chi connectivity index (χ2n) is 1.35. The normalized spacial score (nSPS) is 15.7. The molecule has 0 aromatic heterocycles. The van der Waals surface area contributed by atoms with Crippen LogP contribution in [0.5, 0.6) is 0 Å². The predicted molar refractivity (Wildman–Crippen MR) is 31.5 cm³/mol. The monoisotopic (exact) mass is 204 g/mol. The van der Waals surface area contributed by atoms with E-state index in [0.29, 0.717) is 0 Å². The maximum absolute atomic E-state index is 11.8. The van der Waals surface area contributed by atoms with Gasteiger partial charge in [0.25, 0.3) is 0 Å². The van der Waals surface area contributed by atoms with Gasteiger partial charge in [0.2, 0.25) is 6.29 Å². The number of rotatable bonds is 3. The molecular formula is C4H7BrF2O2. The minimum absolute atomic E-state index is 0.0579. The smallest absolute Gasteiger partial charge is 0.350 e. The van der Waals surface area contributed by atoms with E-state index in [1.54, 1.807) is 0 Å². The zero-order valence-corrected chi connectivity index (χ0v) is 6.36. The highest BCUT2D eigenvalue weighted by atomic mass is 79.9. The minimum Gasteiger partial charge on any atom is -0.363 e. The van der Waals surface area contributed by atoms with E-state index in [1.165, 1.54) is 6.92 Å². The van der Waals surface area contributed by atoms with Crippen LogP contribution in [0, 0.1) is 0 Å². The third-order valence-corrected chi connectivity index (χ3v) is 0.996. The molecule has 0 aliphatic rings. The summed E-state index contributed by atoms with van der Waals surface area (Å²) in [6.07, 6.45) is -2.05. The van der Waals surface area contributed by atoms with Crippen LogP contribution in [0.2, 0.25) is 0 Å². The summed E-state index contributed by atoms with van der Waals surface area (Å²) in [6, 6.07) is 0. The standard InChI is InChI=1S/C4H7BrF2O2/c1-2-9-3(8)4(5,6)7/h3,8H,2H2,1H3. The molecule has 0 amide bonds. The summed E-state index contributed by atoms with van der Waals surface area (Å²) in [5.41, 5.74) is 0. The van der Waals surface area contributed by atoms with Crippen LogP contribution in [0.25, 0.3) is 0 Å². The van der Waals surface area contributed by atoms with Gasteiger partial charge in [-0.2, -0.15) is 8.78 Å². The molecule has 0 aromatic carbocycles. The van der Waals surface area contributed by atoms with Crippen molar-refractivity contribution in [2.24, 2.45) is 0 Å². The average molecular weight is 205 g/mol. The van der Waals surface area contributed by atoms with E-state index in [2.05, 4.69) is 4.74 Å². The first-order chi connectivity index (χ1) is 3.98. The van der Waals surface area contributed by atoms with Crippen LogP contribution in [-0.2, 0) is 4.74 Å². The van der Waals surface area contributed by atoms with Crippen molar-refractivity contribution in [3.05, 3.63) is 0 Å². The number of aliphatic hydroxyl groups excluding tert-OH is 1. The fraction of sp³-hybridized carbons (Fsp3) is 1.00. The molecule has 0 aliphatic carbocycles. The summed E-state index contributed by atoms with van der Waals surface area (Å²) < 4.78 is 27.9. The van der Waals surface area contributed by atoms with Gasteiger partial charge in [-0.1, -0.05) is 0 Å². The van der Waals surface area contributed by atoms with Crippen molar-refractivity contribution in [2.45, 2.75) is 18.0 Å². The summed E-state index contributed by atoms with van der Waals surface area (Å²) in [5, 5.41) is 8.37. The Morgan fingerprint density at radius 1 is 1.78 bits per heavy atom. The fourth-order valence-electron chi connectivity index (χ4n) is 0.252. The first-order valence-corrected chi connectivity index (χ1v) is 3.14. The molecule has 56 valence electrons. The number of hydrogen-bond acceptors (Lipinski definition) is 2. The SMILES string of the molecule is CCOC(O)C(F)(F)Br. The Morgan fingerprint density at radius 3 is 2.33 bits per heavy atom. The van der Waals surface area contributed by atoms with Gasteiger partial charge in [-0.3, -0.25) is 0 Å². The van der Waals surface area contributed by atoms with Crippen molar-refractivity contribution in [1.82, 2.24) is 0 Å². The van der Waals surface area contributed by atoms with Crippen molar-refractivity contribution >= 4 is 15.9 Å². The molecule has 0 rings (SSSR count). The highest BCUT2D eigenvalue weighted by molar-refractivity contribution is 9.10. The molecule has 5 heteroatoms. The van der Waals surface area contributed by atoms with Gasteiger partial charge in [-0.25, -0.2) is 0 Å². The Balaban J connectivity index is 3.59. The lowest BCUT2D eigenvalue weighted by atomic mass is 10.7. The van der Waals surface area contributed by atoms with Crippen LogP contribution in [0.1, 0.15) is 6.92 Å². The quantitative estimate of drug-likeness (QED) is 0.556. The Labute approximate surface area is 59.9 Å².